The van der Waals surface area contributed by atoms with Crippen LogP contribution in [0, 0.1) is 21.4 Å². The minimum atomic E-state index is -0.498. The molecule has 0 aliphatic rings. The Morgan fingerprint density at radius 1 is 1.04 bits per heavy atom. The molecule has 0 spiro atoms. The van der Waals surface area contributed by atoms with Crippen LogP contribution in [0.1, 0.15) is 5.56 Å². The molecule has 2 N–H and O–H groups in total. The van der Waals surface area contributed by atoms with Gasteiger partial charge in [0.15, 0.2) is 5.82 Å². The van der Waals surface area contributed by atoms with Crippen molar-refractivity contribution in [3.63, 3.8) is 0 Å². The maximum Gasteiger partial charge on any atom is 0.269 e. The smallest absolute Gasteiger partial charge is 0.269 e. The van der Waals surface area contributed by atoms with Crippen LogP contribution in [0.25, 0.3) is 22.6 Å². The van der Waals surface area contributed by atoms with Gasteiger partial charge in [-0.15, -0.1) is 0 Å². The highest BCUT2D eigenvalue weighted by molar-refractivity contribution is 6.30. The van der Waals surface area contributed by atoms with Gasteiger partial charge in [-0.3, -0.25) is 10.1 Å². The van der Waals surface area contributed by atoms with Crippen molar-refractivity contribution < 1.29 is 4.92 Å². The lowest BCUT2D eigenvalue weighted by Crippen LogP contribution is -2.03. The monoisotopic (exact) mass is 351 g/mol. The van der Waals surface area contributed by atoms with Crippen molar-refractivity contribution in [2.45, 2.75) is 0 Å². The van der Waals surface area contributed by atoms with Crippen molar-refractivity contribution in [2.24, 2.45) is 0 Å². The van der Waals surface area contributed by atoms with Gasteiger partial charge >= 0.3 is 0 Å². The van der Waals surface area contributed by atoms with Gasteiger partial charge in [-0.25, -0.2) is 9.97 Å². The van der Waals surface area contributed by atoms with E-state index in [0.29, 0.717) is 27.7 Å². The molecule has 3 aromatic rings. The molecule has 1 aromatic heterocycles. The molecule has 3 rings (SSSR count). The summed E-state index contributed by atoms with van der Waals surface area (Å²) in [6.07, 6.45) is 0. The number of nitriles is 1. The maximum absolute atomic E-state index is 10.8. The summed E-state index contributed by atoms with van der Waals surface area (Å²) in [7, 11) is 0. The minimum absolute atomic E-state index is 0.0378. The van der Waals surface area contributed by atoms with Crippen LogP contribution in [0.5, 0.6) is 0 Å². The number of nitro benzene ring substituents is 1. The molecule has 1 heterocycles. The molecule has 0 bridgehead atoms. The fourth-order valence-corrected chi connectivity index (χ4v) is 2.39. The van der Waals surface area contributed by atoms with E-state index in [1.165, 1.54) is 24.3 Å². The number of nitrogens with zero attached hydrogens (tertiary/aromatic N) is 4. The van der Waals surface area contributed by atoms with Crippen LogP contribution in [0.4, 0.5) is 11.5 Å². The highest BCUT2D eigenvalue weighted by Gasteiger charge is 2.16. The van der Waals surface area contributed by atoms with Crippen LogP contribution in [0.3, 0.4) is 0 Å². The number of nitro groups is 1. The topological polar surface area (TPSA) is 119 Å². The Balaban J connectivity index is 2.16. The number of hydrogen-bond acceptors (Lipinski definition) is 6. The normalized spacial score (nSPS) is 10.2. The molecule has 0 unspecified atom stereocenters. The zero-order valence-corrected chi connectivity index (χ0v) is 13.4. The van der Waals surface area contributed by atoms with Gasteiger partial charge < -0.3 is 5.73 Å². The molecule has 25 heavy (non-hydrogen) atoms. The minimum Gasteiger partial charge on any atom is -0.382 e. The lowest BCUT2D eigenvalue weighted by atomic mass is 10.1. The zero-order chi connectivity index (χ0) is 18.0. The Hall–Kier alpha value is -3.50. The van der Waals surface area contributed by atoms with Gasteiger partial charge in [0.05, 0.1) is 10.6 Å². The van der Waals surface area contributed by atoms with E-state index in [4.69, 9.17) is 17.3 Å². The Morgan fingerprint density at radius 3 is 2.20 bits per heavy atom. The summed E-state index contributed by atoms with van der Waals surface area (Å²) in [4.78, 5) is 18.9. The molecule has 122 valence electrons. The summed E-state index contributed by atoms with van der Waals surface area (Å²) in [6, 6.07) is 14.6. The number of benzene rings is 2. The SMILES string of the molecule is N#Cc1c(N)nc(-c2ccc(Cl)cc2)nc1-c1ccc([N+](=O)[O-])cc1. The second-order valence-corrected chi connectivity index (χ2v) is 5.52. The van der Waals surface area contributed by atoms with Crippen LogP contribution in [0.2, 0.25) is 5.02 Å². The van der Waals surface area contributed by atoms with Crippen molar-refractivity contribution >= 4 is 23.1 Å². The van der Waals surface area contributed by atoms with Gasteiger partial charge in [0.2, 0.25) is 0 Å². The standard InChI is InChI=1S/C17H10ClN5O2/c18-12-5-1-11(2-6-12)17-21-15(14(9-19)16(20)22-17)10-3-7-13(8-4-10)23(24)25/h1-8H,(H2,20,21,22). The fourth-order valence-electron chi connectivity index (χ4n) is 2.27. The average molecular weight is 352 g/mol. The number of anilines is 1. The Labute approximate surface area is 147 Å². The van der Waals surface area contributed by atoms with E-state index < -0.39 is 4.92 Å². The fraction of sp³-hybridized carbons (Fsp3) is 0. The molecular weight excluding hydrogens is 342 g/mol. The van der Waals surface area contributed by atoms with Crippen molar-refractivity contribution in [1.82, 2.24) is 9.97 Å². The maximum atomic E-state index is 10.8. The number of hydrogen-bond donors (Lipinski definition) is 1. The largest absolute Gasteiger partial charge is 0.382 e. The third-order valence-electron chi connectivity index (χ3n) is 3.50. The number of aromatic nitrogens is 2. The Bertz CT molecular complexity index is 995. The zero-order valence-electron chi connectivity index (χ0n) is 12.7. The number of non-ortho nitro benzene ring substituents is 1. The number of rotatable bonds is 3. The van der Waals surface area contributed by atoms with E-state index in [-0.39, 0.29) is 17.1 Å². The lowest BCUT2D eigenvalue weighted by molar-refractivity contribution is -0.384. The van der Waals surface area contributed by atoms with E-state index in [9.17, 15) is 15.4 Å². The molecule has 8 heteroatoms. The van der Waals surface area contributed by atoms with Crippen LogP contribution < -0.4 is 5.73 Å². The van der Waals surface area contributed by atoms with Gasteiger partial charge in [-0.2, -0.15) is 5.26 Å². The van der Waals surface area contributed by atoms with Crippen molar-refractivity contribution in [3.8, 4) is 28.7 Å². The summed E-state index contributed by atoms with van der Waals surface area (Å²) in [5, 5.41) is 20.7. The molecule has 7 nitrogen and oxygen atoms in total. The first kappa shape index (κ1) is 16.4. The number of nitrogen functional groups attached to an aromatic ring is 1. The van der Waals surface area contributed by atoms with Crippen molar-refractivity contribution in [1.29, 1.82) is 5.26 Å². The van der Waals surface area contributed by atoms with Gasteiger partial charge in [0.25, 0.3) is 5.69 Å². The van der Waals surface area contributed by atoms with E-state index in [1.54, 1.807) is 24.3 Å². The number of nitrogens with two attached hydrogens (primary N) is 1. The van der Waals surface area contributed by atoms with Crippen LogP contribution in [-0.4, -0.2) is 14.9 Å². The average Bonchev–Trinajstić information content (AvgIpc) is 2.61. The van der Waals surface area contributed by atoms with Gasteiger partial charge in [0.1, 0.15) is 17.5 Å². The van der Waals surface area contributed by atoms with E-state index in [2.05, 4.69) is 9.97 Å². The molecule has 0 fully saturated rings. The molecule has 0 atom stereocenters. The van der Waals surface area contributed by atoms with E-state index in [0.717, 1.165) is 0 Å². The third kappa shape index (κ3) is 3.24. The summed E-state index contributed by atoms with van der Waals surface area (Å²) in [6.45, 7) is 0. The second-order valence-electron chi connectivity index (χ2n) is 5.08. The molecular formula is C17H10ClN5O2. The molecule has 0 saturated carbocycles. The van der Waals surface area contributed by atoms with Gasteiger partial charge in [-0.1, -0.05) is 11.6 Å². The molecule has 0 aliphatic heterocycles. The van der Waals surface area contributed by atoms with Crippen LogP contribution >= 0.6 is 11.6 Å². The highest BCUT2D eigenvalue weighted by atomic mass is 35.5. The predicted molar refractivity (Wildman–Crippen MR) is 93.7 cm³/mol. The van der Waals surface area contributed by atoms with Crippen molar-refractivity contribution in [3.05, 3.63) is 69.2 Å². The first-order chi connectivity index (χ1) is 12.0. The summed E-state index contributed by atoms with van der Waals surface area (Å²) < 4.78 is 0. The molecule has 0 aliphatic carbocycles. The van der Waals surface area contributed by atoms with Crippen LogP contribution in [-0.2, 0) is 0 Å². The first-order valence-corrected chi connectivity index (χ1v) is 7.46. The van der Waals surface area contributed by atoms with Crippen molar-refractivity contribution in [2.75, 3.05) is 5.73 Å². The number of halogens is 1. The quantitative estimate of drug-likeness (QED) is 0.565. The molecule has 0 saturated heterocycles. The third-order valence-corrected chi connectivity index (χ3v) is 3.75. The Morgan fingerprint density at radius 2 is 1.64 bits per heavy atom. The highest BCUT2D eigenvalue weighted by Crippen LogP contribution is 2.29. The molecule has 2 aromatic carbocycles. The van der Waals surface area contributed by atoms with E-state index >= 15 is 0 Å². The Kier molecular flexibility index (Phi) is 4.29. The summed E-state index contributed by atoms with van der Waals surface area (Å²) in [5.74, 6) is 0.373. The summed E-state index contributed by atoms with van der Waals surface area (Å²) in [5.41, 5.74) is 7.50. The molecule has 0 radical (unpaired) electrons. The van der Waals surface area contributed by atoms with Gasteiger partial charge in [0, 0.05) is 28.3 Å². The molecule has 0 amide bonds. The predicted octanol–water partition coefficient (Wildman–Crippen LogP) is 3.83. The second kappa shape index (κ2) is 6.55. The van der Waals surface area contributed by atoms with Gasteiger partial charge in [-0.05, 0) is 36.4 Å². The van der Waals surface area contributed by atoms with Crippen LogP contribution in [0.15, 0.2) is 48.5 Å². The lowest BCUT2D eigenvalue weighted by Gasteiger charge is -2.09. The first-order valence-electron chi connectivity index (χ1n) is 7.08. The summed E-state index contributed by atoms with van der Waals surface area (Å²) >= 11 is 5.88. The van der Waals surface area contributed by atoms with E-state index in [1.807, 2.05) is 6.07 Å².